The van der Waals surface area contributed by atoms with E-state index in [4.69, 9.17) is 0 Å². The number of hydrogen-bond donors (Lipinski definition) is 0. The fraction of sp³-hybridized carbons (Fsp3) is 0.111. The van der Waals surface area contributed by atoms with E-state index in [-0.39, 0.29) is 10.8 Å². The van der Waals surface area contributed by atoms with E-state index >= 15 is 0 Å². The van der Waals surface area contributed by atoms with E-state index in [1.54, 1.807) is 0 Å². The molecule has 0 nitrogen and oxygen atoms in total. The smallest absolute Gasteiger partial charge is 0.0159 e. The Kier molecular flexibility index (Phi) is 6.46. The highest BCUT2D eigenvalue weighted by Gasteiger charge is 2.43. The van der Waals surface area contributed by atoms with Crippen LogP contribution in [0.25, 0.3) is 88.0 Å². The fourth-order valence-corrected chi connectivity index (χ4v) is 10.3. The van der Waals surface area contributed by atoms with Gasteiger partial charge in [0.1, 0.15) is 0 Å². The van der Waals surface area contributed by atoms with Gasteiger partial charge >= 0.3 is 0 Å². The Bertz CT molecular complexity index is 2970. The summed E-state index contributed by atoms with van der Waals surface area (Å²) in [7, 11) is 0. The van der Waals surface area contributed by atoms with E-state index in [1.807, 2.05) is 0 Å². The lowest BCUT2D eigenvalue weighted by Crippen LogP contribution is -2.17. The average molecular weight is 689 g/mol. The first-order valence-electron chi connectivity index (χ1n) is 19.3. The quantitative estimate of drug-likeness (QED) is 0.162. The molecule has 0 fully saturated rings. The molecule has 0 unspecified atom stereocenters. The summed E-state index contributed by atoms with van der Waals surface area (Å²) in [5, 5.41) is 7.68. The van der Waals surface area contributed by atoms with Crippen molar-refractivity contribution in [3.8, 4) is 55.6 Å². The Morgan fingerprint density at radius 2 is 0.704 bits per heavy atom. The fourth-order valence-electron chi connectivity index (χ4n) is 10.3. The maximum Gasteiger partial charge on any atom is 0.0159 e. The predicted octanol–water partition coefficient (Wildman–Crippen LogP) is 14.8. The number of hydrogen-bond acceptors (Lipinski definition) is 0. The second kappa shape index (κ2) is 11.1. The lowest BCUT2D eigenvalue weighted by molar-refractivity contribution is 0.651. The van der Waals surface area contributed by atoms with Gasteiger partial charge in [-0.25, -0.2) is 0 Å². The number of benzene rings is 9. The highest BCUT2D eigenvalue weighted by Crippen LogP contribution is 2.59. The van der Waals surface area contributed by atoms with Crippen molar-refractivity contribution in [3.63, 3.8) is 0 Å². The molecule has 0 aromatic heterocycles. The molecule has 11 rings (SSSR count). The van der Waals surface area contributed by atoms with Crippen molar-refractivity contribution in [1.29, 1.82) is 0 Å². The zero-order valence-corrected chi connectivity index (χ0v) is 31.2. The Hall–Kier alpha value is -6.24. The third-order valence-corrected chi connectivity index (χ3v) is 12.9. The van der Waals surface area contributed by atoms with Gasteiger partial charge in [0, 0.05) is 10.8 Å². The predicted molar refractivity (Wildman–Crippen MR) is 230 cm³/mol. The van der Waals surface area contributed by atoms with Crippen LogP contribution in [0, 0.1) is 0 Å². The van der Waals surface area contributed by atoms with Gasteiger partial charge in [0.05, 0.1) is 0 Å². The summed E-state index contributed by atoms with van der Waals surface area (Å²) in [5.41, 5.74) is 18.8. The second-order valence-corrected chi connectivity index (χ2v) is 16.4. The molecule has 2 aliphatic carbocycles. The molecule has 0 spiro atoms. The lowest BCUT2D eigenvalue weighted by atomic mass is 9.79. The van der Waals surface area contributed by atoms with Gasteiger partial charge in [0.25, 0.3) is 0 Å². The SMILES string of the molecule is CC1(C)c2ccccc2-c2c1ccc1c2-c2ccc(-c3ccc(-c4c5ccccc5c(-c5ccccc5)c5ccccc45)c4ccccc34)cc2C1(C)C. The van der Waals surface area contributed by atoms with Crippen molar-refractivity contribution in [3.05, 3.63) is 192 Å². The van der Waals surface area contributed by atoms with Gasteiger partial charge in [0.15, 0.2) is 0 Å². The Labute approximate surface area is 317 Å². The van der Waals surface area contributed by atoms with Crippen molar-refractivity contribution in [2.45, 2.75) is 38.5 Å². The van der Waals surface area contributed by atoms with E-state index in [1.165, 1.54) is 110 Å². The van der Waals surface area contributed by atoms with Gasteiger partial charge in [-0.3, -0.25) is 0 Å². The topological polar surface area (TPSA) is 0 Å². The third kappa shape index (κ3) is 4.14. The minimum Gasteiger partial charge on any atom is -0.0622 e. The van der Waals surface area contributed by atoms with E-state index in [2.05, 4.69) is 198 Å². The summed E-state index contributed by atoms with van der Waals surface area (Å²) in [6.45, 7) is 9.59. The number of rotatable bonds is 3. The zero-order chi connectivity index (χ0) is 36.3. The standard InChI is InChI=1S/C54H40/c1-53(2)45-25-15-14-24-43(45)51-46(53)30-31-47-52(51)44-27-26-34(32-48(44)54(47,3)4)35-28-29-42(37-19-9-8-18-36(35)37)50-40-22-12-10-20-38(40)49(33-16-6-5-7-17-33)39-21-11-13-23-41(39)50/h5-32H,1-4H3. The number of fused-ring (bicyclic) bond motifs is 10. The molecule has 54 heavy (non-hydrogen) atoms. The first kappa shape index (κ1) is 31.3. The first-order valence-corrected chi connectivity index (χ1v) is 19.3. The summed E-state index contributed by atoms with van der Waals surface area (Å²) in [6.07, 6.45) is 0. The van der Waals surface area contributed by atoms with E-state index < -0.39 is 0 Å². The Balaban J connectivity index is 1.12. The van der Waals surface area contributed by atoms with Crippen LogP contribution in [0.4, 0.5) is 0 Å². The van der Waals surface area contributed by atoms with Gasteiger partial charge < -0.3 is 0 Å². The normalized spacial score (nSPS) is 14.6. The Morgan fingerprint density at radius 1 is 0.259 bits per heavy atom. The van der Waals surface area contributed by atoms with Gasteiger partial charge in [-0.1, -0.05) is 191 Å². The Morgan fingerprint density at radius 3 is 1.33 bits per heavy atom. The van der Waals surface area contributed by atoms with E-state index in [0.29, 0.717) is 0 Å². The molecule has 0 atom stereocenters. The minimum absolute atomic E-state index is 0.0209. The monoisotopic (exact) mass is 688 g/mol. The molecule has 0 bridgehead atoms. The molecule has 0 saturated heterocycles. The van der Waals surface area contributed by atoms with Crippen molar-refractivity contribution in [2.75, 3.05) is 0 Å². The van der Waals surface area contributed by atoms with E-state index in [0.717, 1.165) is 0 Å². The van der Waals surface area contributed by atoms with Crippen LogP contribution in [0.1, 0.15) is 49.9 Å². The van der Waals surface area contributed by atoms with Crippen LogP contribution in [0.2, 0.25) is 0 Å². The summed E-state index contributed by atoms with van der Waals surface area (Å²) < 4.78 is 0. The summed E-state index contributed by atoms with van der Waals surface area (Å²) >= 11 is 0. The van der Waals surface area contributed by atoms with Crippen LogP contribution < -0.4 is 0 Å². The van der Waals surface area contributed by atoms with Crippen LogP contribution in [-0.4, -0.2) is 0 Å². The molecular weight excluding hydrogens is 649 g/mol. The van der Waals surface area contributed by atoms with Crippen molar-refractivity contribution < 1.29 is 0 Å². The largest absolute Gasteiger partial charge is 0.0622 e. The third-order valence-electron chi connectivity index (χ3n) is 12.9. The van der Waals surface area contributed by atoms with Crippen molar-refractivity contribution in [1.82, 2.24) is 0 Å². The van der Waals surface area contributed by atoms with Crippen molar-refractivity contribution >= 4 is 32.3 Å². The molecular formula is C54H40. The first-order chi connectivity index (χ1) is 26.3. The molecule has 2 aliphatic rings. The van der Waals surface area contributed by atoms with Crippen molar-refractivity contribution in [2.24, 2.45) is 0 Å². The van der Waals surface area contributed by atoms with Gasteiger partial charge in [-0.2, -0.15) is 0 Å². The molecule has 256 valence electrons. The van der Waals surface area contributed by atoms with Crippen LogP contribution >= 0.6 is 0 Å². The zero-order valence-electron chi connectivity index (χ0n) is 31.2. The van der Waals surface area contributed by atoms with Gasteiger partial charge in [-0.05, 0) is 116 Å². The summed E-state index contributed by atoms with van der Waals surface area (Å²) in [5.74, 6) is 0. The summed E-state index contributed by atoms with van der Waals surface area (Å²) in [4.78, 5) is 0. The maximum atomic E-state index is 2.49. The van der Waals surface area contributed by atoms with E-state index in [9.17, 15) is 0 Å². The highest BCUT2D eigenvalue weighted by atomic mass is 14.5. The second-order valence-electron chi connectivity index (χ2n) is 16.4. The lowest BCUT2D eigenvalue weighted by Gasteiger charge is -2.24. The molecule has 0 radical (unpaired) electrons. The molecule has 0 heterocycles. The van der Waals surface area contributed by atoms with Gasteiger partial charge in [0.2, 0.25) is 0 Å². The minimum atomic E-state index is -0.120. The van der Waals surface area contributed by atoms with Crippen LogP contribution in [0.15, 0.2) is 170 Å². The molecule has 0 heteroatoms. The molecule has 0 aliphatic heterocycles. The molecule has 0 N–H and O–H groups in total. The van der Waals surface area contributed by atoms with Crippen LogP contribution in [0.5, 0.6) is 0 Å². The molecule has 0 amide bonds. The molecule has 9 aromatic rings. The van der Waals surface area contributed by atoms with Gasteiger partial charge in [-0.15, -0.1) is 0 Å². The van der Waals surface area contributed by atoms with Crippen LogP contribution in [0.3, 0.4) is 0 Å². The maximum absolute atomic E-state index is 2.49. The highest BCUT2D eigenvalue weighted by molar-refractivity contribution is 6.24. The van der Waals surface area contributed by atoms with Crippen LogP contribution in [-0.2, 0) is 10.8 Å². The molecule has 9 aromatic carbocycles. The summed E-state index contributed by atoms with van der Waals surface area (Å²) in [6, 6.07) is 63.7. The average Bonchev–Trinajstić information content (AvgIpc) is 3.59. The molecule has 0 saturated carbocycles.